The number of alkyl halides is 1. The fourth-order valence-corrected chi connectivity index (χ4v) is 1.15. The van der Waals surface area contributed by atoms with Crippen molar-refractivity contribution in [2.45, 2.75) is 0 Å². The molecule has 4 heteroatoms. The maximum absolute atomic E-state index is 11.8. The number of halogens is 1. The second kappa shape index (κ2) is 5.14. The lowest BCUT2D eigenvalue weighted by Gasteiger charge is -2.09. The Bertz CT molecular complexity index is 374. The summed E-state index contributed by atoms with van der Waals surface area (Å²) in [4.78, 5) is 10.8. The molecule has 0 aliphatic heterocycles. The molecule has 0 heterocycles. The van der Waals surface area contributed by atoms with E-state index < -0.39 is 12.6 Å². The van der Waals surface area contributed by atoms with Gasteiger partial charge in [0.2, 0.25) is 0 Å². The Morgan fingerprint density at radius 3 is 2.53 bits per heavy atom. The third kappa shape index (κ3) is 2.80. The lowest BCUT2D eigenvalue weighted by atomic mass is 10.1. The first-order chi connectivity index (χ1) is 7.16. The minimum Gasteiger partial charge on any atom is -0.491 e. The van der Waals surface area contributed by atoms with Gasteiger partial charge < -0.3 is 9.84 Å². The predicted molar refractivity (Wildman–Crippen MR) is 54.4 cm³/mol. The monoisotopic (exact) mass is 210 g/mol. The van der Waals surface area contributed by atoms with Crippen LogP contribution in [0.25, 0.3) is 5.76 Å². The number of hydrogen-bond acceptors (Lipinski definition) is 2. The number of ether oxygens (including phenoxy) is 1. The second-order valence-electron chi connectivity index (χ2n) is 2.81. The summed E-state index contributed by atoms with van der Waals surface area (Å²) in [7, 11) is 0. The number of hydrogen-bond donors (Lipinski definition) is 1. The zero-order valence-corrected chi connectivity index (χ0v) is 8.07. The van der Waals surface area contributed by atoms with E-state index in [0.717, 1.165) is 0 Å². The van der Waals surface area contributed by atoms with Gasteiger partial charge in [0.1, 0.15) is 19.0 Å². The van der Waals surface area contributed by atoms with Crippen molar-refractivity contribution in [2.24, 2.45) is 0 Å². The third-order valence-electron chi connectivity index (χ3n) is 1.81. The molecule has 0 radical (unpaired) electrons. The van der Waals surface area contributed by atoms with Crippen LogP contribution < -0.4 is 0 Å². The van der Waals surface area contributed by atoms with E-state index in [9.17, 15) is 9.18 Å². The molecule has 0 saturated carbocycles. The fraction of sp³-hybridized carbons (Fsp3) is 0.182. The van der Waals surface area contributed by atoms with Gasteiger partial charge >= 0.3 is 5.97 Å². The van der Waals surface area contributed by atoms with Gasteiger partial charge in [0.25, 0.3) is 0 Å². The molecule has 15 heavy (non-hydrogen) atoms. The van der Waals surface area contributed by atoms with E-state index in [1.54, 1.807) is 18.2 Å². The number of benzene rings is 1. The van der Waals surface area contributed by atoms with Gasteiger partial charge in [-0.05, 0) is 6.07 Å². The average molecular weight is 210 g/mol. The molecule has 0 fully saturated rings. The molecule has 1 aromatic carbocycles. The van der Waals surface area contributed by atoms with Gasteiger partial charge in [0, 0.05) is 5.56 Å². The van der Waals surface area contributed by atoms with Gasteiger partial charge in [-0.1, -0.05) is 24.8 Å². The highest BCUT2D eigenvalue weighted by Crippen LogP contribution is 2.18. The van der Waals surface area contributed by atoms with Crippen molar-refractivity contribution in [1.29, 1.82) is 0 Å². The number of aromatic carboxylic acids is 1. The van der Waals surface area contributed by atoms with Crippen LogP contribution in [0.1, 0.15) is 15.9 Å². The minimum atomic E-state index is -1.06. The molecular weight excluding hydrogens is 199 g/mol. The Morgan fingerprint density at radius 2 is 2.00 bits per heavy atom. The summed E-state index contributed by atoms with van der Waals surface area (Å²) in [5, 5.41) is 8.87. The summed E-state index contributed by atoms with van der Waals surface area (Å²) in [5.41, 5.74) is 0.472. The molecule has 0 bridgehead atoms. The lowest BCUT2D eigenvalue weighted by Crippen LogP contribution is -2.03. The van der Waals surface area contributed by atoms with Crippen molar-refractivity contribution in [3.63, 3.8) is 0 Å². The Morgan fingerprint density at radius 1 is 1.40 bits per heavy atom. The molecule has 0 saturated heterocycles. The van der Waals surface area contributed by atoms with Crippen LogP contribution in [0.5, 0.6) is 0 Å². The topological polar surface area (TPSA) is 46.5 Å². The summed E-state index contributed by atoms with van der Waals surface area (Å²) in [6.45, 7) is 2.80. The summed E-state index contributed by atoms with van der Waals surface area (Å²) in [6.07, 6.45) is 0. The highest BCUT2D eigenvalue weighted by atomic mass is 19.1. The molecule has 3 nitrogen and oxygen atoms in total. The maximum Gasteiger partial charge on any atom is 0.336 e. The van der Waals surface area contributed by atoms with E-state index in [-0.39, 0.29) is 17.9 Å². The van der Waals surface area contributed by atoms with Crippen molar-refractivity contribution < 1.29 is 19.0 Å². The zero-order chi connectivity index (χ0) is 11.3. The summed E-state index contributed by atoms with van der Waals surface area (Å²) in [6, 6.07) is 6.30. The van der Waals surface area contributed by atoms with Crippen LogP contribution >= 0.6 is 0 Å². The molecule has 0 aliphatic rings. The van der Waals surface area contributed by atoms with Gasteiger partial charge in [-0.2, -0.15) is 0 Å². The summed E-state index contributed by atoms with van der Waals surface area (Å²) >= 11 is 0. The van der Waals surface area contributed by atoms with E-state index in [1.807, 2.05) is 0 Å². The number of carbonyl (C=O) groups is 1. The lowest BCUT2D eigenvalue weighted by molar-refractivity contribution is 0.0696. The van der Waals surface area contributed by atoms with Gasteiger partial charge in [-0.15, -0.1) is 0 Å². The molecule has 0 spiro atoms. The van der Waals surface area contributed by atoms with Crippen molar-refractivity contribution in [1.82, 2.24) is 0 Å². The van der Waals surface area contributed by atoms with Crippen molar-refractivity contribution in [2.75, 3.05) is 13.3 Å². The molecule has 80 valence electrons. The molecular formula is C11H11FO3. The molecule has 1 rings (SSSR count). The van der Waals surface area contributed by atoms with E-state index in [2.05, 4.69) is 6.58 Å². The van der Waals surface area contributed by atoms with Gasteiger partial charge in [0.15, 0.2) is 0 Å². The van der Waals surface area contributed by atoms with Crippen LogP contribution in [0.15, 0.2) is 30.8 Å². The first-order valence-corrected chi connectivity index (χ1v) is 4.37. The van der Waals surface area contributed by atoms with Crippen molar-refractivity contribution in [3.05, 3.63) is 42.0 Å². The highest BCUT2D eigenvalue weighted by Gasteiger charge is 2.11. The van der Waals surface area contributed by atoms with Crippen LogP contribution in [0.2, 0.25) is 0 Å². The minimum absolute atomic E-state index is 0.0985. The third-order valence-corrected chi connectivity index (χ3v) is 1.81. The van der Waals surface area contributed by atoms with Gasteiger partial charge in [-0.25, -0.2) is 9.18 Å². The molecule has 0 aliphatic carbocycles. The van der Waals surface area contributed by atoms with Gasteiger partial charge in [-0.3, -0.25) is 0 Å². The summed E-state index contributed by atoms with van der Waals surface area (Å²) < 4.78 is 16.8. The first-order valence-electron chi connectivity index (χ1n) is 4.37. The van der Waals surface area contributed by atoms with Gasteiger partial charge in [0.05, 0.1) is 5.56 Å². The zero-order valence-electron chi connectivity index (χ0n) is 8.07. The standard InChI is InChI=1S/C11H11FO3/c1-8(15-7-6-12)9-4-2-3-5-10(9)11(13)14/h2-5H,1,6-7H2,(H,13,14). The molecule has 0 amide bonds. The van der Waals surface area contributed by atoms with Crippen molar-refractivity contribution in [3.8, 4) is 0 Å². The number of carboxylic acids is 1. The smallest absolute Gasteiger partial charge is 0.336 e. The number of carboxylic acid groups (broad SMARTS) is 1. The Kier molecular flexibility index (Phi) is 3.85. The largest absolute Gasteiger partial charge is 0.491 e. The van der Waals surface area contributed by atoms with E-state index >= 15 is 0 Å². The van der Waals surface area contributed by atoms with E-state index in [1.165, 1.54) is 6.07 Å². The molecule has 1 aromatic rings. The Balaban J connectivity index is 2.92. The molecule has 0 aromatic heterocycles. The Hall–Kier alpha value is -1.84. The van der Waals surface area contributed by atoms with E-state index in [0.29, 0.717) is 5.56 Å². The number of rotatable bonds is 5. The van der Waals surface area contributed by atoms with E-state index in [4.69, 9.17) is 9.84 Å². The molecule has 0 atom stereocenters. The molecule has 0 unspecified atom stereocenters. The van der Waals surface area contributed by atoms with Crippen LogP contribution in [0, 0.1) is 0 Å². The Labute approximate surface area is 86.8 Å². The normalized spacial score (nSPS) is 9.67. The second-order valence-corrected chi connectivity index (χ2v) is 2.81. The van der Waals surface area contributed by atoms with Crippen LogP contribution in [-0.4, -0.2) is 24.4 Å². The first kappa shape index (κ1) is 11.2. The van der Waals surface area contributed by atoms with Crippen LogP contribution in [0.4, 0.5) is 4.39 Å². The SMILES string of the molecule is C=C(OCCF)c1ccccc1C(=O)O. The van der Waals surface area contributed by atoms with Crippen LogP contribution in [-0.2, 0) is 4.74 Å². The quantitative estimate of drug-likeness (QED) is 0.759. The fourth-order valence-electron chi connectivity index (χ4n) is 1.15. The molecule has 1 N–H and O–H groups in total. The van der Waals surface area contributed by atoms with Crippen molar-refractivity contribution >= 4 is 11.7 Å². The maximum atomic E-state index is 11.8. The average Bonchev–Trinajstić information content (AvgIpc) is 2.25. The predicted octanol–water partition coefficient (Wildman–Crippen LogP) is 2.34. The highest BCUT2D eigenvalue weighted by molar-refractivity contribution is 5.93. The summed E-state index contributed by atoms with van der Waals surface area (Å²) in [5.74, 6) is -0.888. The van der Waals surface area contributed by atoms with Crippen LogP contribution in [0.3, 0.4) is 0 Å².